The normalized spacial score (nSPS) is 23.4. The van der Waals surface area contributed by atoms with Crippen LogP contribution in [0.25, 0.3) is 0 Å². The van der Waals surface area contributed by atoms with Gasteiger partial charge in [0.1, 0.15) is 0 Å². The van der Waals surface area contributed by atoms with Gasteiger partial charge in [-0.3, -0.25) is 19.4 Å². The van der Waals surface area contributed by atoms with Gasteiger partial charge in [-0.25, -0.2) is 0 Å². The maximum absolute atomic E-state index is 12.0. The average Bonchev–Trinajstić information content (AvgIpc) is 3.16. The number of ether oxygens (including phenoxy) is 2. The molecule has 3 aliphatic rings. The van der Waals surface area contributed by atoms with Gasteiger partial charge in [0, 0.05) is 58.8 Å². The van der Waals surface area contributed by atoms with E-state index < -0.39 is 0 Å². The molecule has 0 bridgehead atoms. The molecule has 27 heavy (non-hydrogen) atoms. The number of carbonyl (C=O) groups excluding carboxylic acids is 2. The van der Waals surface area contributed by atoms with Crippen LogP contribution in [0.1, 0.15) is 25.3 Å². The Morgan fingerprint density at radius 2 is 1.85 bits per heavy atom. The fraction of sp³-hybridized carbons (Fsp3) is 0.600. The third-order valence-electron chi connectivity index (χ3n) is 5.75. The van der Waals surface area contributed by atoms with Gasteiger partial charge in [0.15, 0.2) is 11.5 Å². The standard InChI is InChI=1S/C20H27N3O4/c1-15(24)20(25)23-6-2-3-17(13-23)22-9-7-21(8-10-22)12-16-4-5-18-19(11-16)27-14-26-18/h4-5,11,17H,2-3,6-10,12-14H2,1H3/t17-/m0/s1. The van der Waals surface area contributed by atoms with Gasteiger partial charge in [-0.1, -0.05) is 6.07 Å². The predicted octanol–water partition coefficient (Wildman–Crippen LogP) is 1.11. The number of piperazine rings is 1. The summed E-state index contributed by atoms with van der Waals surface area (Å²) in [6, 6.07) is 6.53. The van der Waals surface area contributed by atoms with Crippen LogP contribution in [0.2, 0.25) is 0 Å². The first-order valence-electron chi connectivity index (χ1n) is 9.75. The van der Waals surface area contributed by atoms with Crippen molar-refractivity contribution in [1.29, 1.82) is 0 Å². The van der Waals surface area contributed by atoms with Gasteiger partial charge in [-0.05, 0) is 30.5 Å². The summed E-state index contributed by atoms with van der Waals surface area (Å²) in [5.74, 6) is 0.972. The summed E-state index contributed by atoms with van der Waals surface area (Å²) < 4.78 is 10.8. The summed E-state index contributed by atoms with van der Waals surface area (Å²) in [5, 5.41) is 0. The van der Waals surface area contributed by atoms with Crippen molar-refractivity contribution in [3.05, 3.63) is 23.8 Å². The lowest BCUT2D eigenvalue weighted by atomic mass is 10.0. The molecule has 2 fully saturated rings. The van der Waals surface area contributed by atoms with Gasteiger partial charge >= 0.3 is 0 Å². The number of hydrogen-bond donors (Lipinski definition) is 0. The summed E-state index contributed by atoms with van der Waals surface area (Å²) in [4.78, 5) is 30.0. The van der Waals surface area contributed by atoms with E-state index in [0.717, 1.165) is 57.1 Å². The minimum Gasteiger partial charge on any atom is -0.454 e. The number of benzene rings is 1. The number of likely N-dealkylation sites (tertiary alicyclic amines) is 1. The molecular formula is C20H27N3O4. The lowest BCUT2D eigenvalue weighted by molar-refractivity contribution is -0.145. The number of hydrogen-bond acceptors (Lipinski definition) is 6. The molecule has 0 radical (unpaired) electrons. The van der Waals surface area contributed by atoms with Crippen molar-refractivity contribution in [3.63, 3.8) is 0 Å². The van der Waals surface area contributed by atoms with Gasteiger partial charge < -0.3 is 14.4 Å². The highest BCUT2D eigenvalue weighted by atomic mass is 16.7. The van der Waals surface area contributed by atoms with Crippen molar-refractivity contribution in [3.8, 4) is 11.5 Å². The minimum atomic E-state index is -0.357. The molecule has 1 amide bonds. The SMILES string of the molecule is CC(=O)C(=O)N1CCC[C@H](N2CCN(Cc3ccc4c(c3)OCO4)CC2)C1. The highest BCUT2D eigenvalue weighted by molar-refractivity contribution is 6.35. The van der Waals surface area contributed by atoms with Crippen LogP contribution in [0.3, 0.4) is 0 Å². The molecule has 7 heteroatoms. The van der Waals surface area contributed by atoms with Crippen LogP contribution in [0.4, 0.5) is 0 Å². The molecule has 0 spiro atoms. The number of Topliss-reactive ketones (excluding diaryl/α,β-unsaturated/α-hetero) is 1. The molecular weight excluding hydrogens is 346 g/mol. The van der Waals surface area contributed by atoms with Crippen LogP contribution in [0.15, 0.2) is 18.2 Å². The highest BCUT2D eigenvalue weighted by Gasteiger charge is 2.31. The molecule has 3 heterocycles. The fourth-order valence-corrected chi connectivity index (χ4v) is 4.24. The van der Waals surface area contributed by atoms with E-state index in [1.54, 1.807) is 4.90 Å². The lowest BCUT2D eigenvalue weighted by Gasteiger charge is -2.43. The first-order chi connectivity index (χ1) is 13.1. The minimum absolute atomic E-state index is 0.308. The number of piperidine rings is 1. The molecule has 0 aliphatic carbocycles. The molecule has 0 unspecified atom stereocenters. The van der Waals surface area contributed by atoms with Crippen LogP contribution in [0.5, 0.6) is 11.5 Å². The van der Waals surface area contributed by atoms with Crippen molar-refractivity contribution < 1.29 is 19.1 Å². The smallest absolute Gasteiger partial charge is 0.289 e. The molecule has 3 aliphatic heterocycles. The van der Waals surface area contributed by atoms with E-state index in [1.807, 2.05) is 6.07 Å². The Morgan fingerprint density at radius 1 is 1.07 bits per heavy atom. The quantitative estimate of drug-likeness (QED) is 0.737. The molecule has 1 atom stereocenters. The lowest BCUT2D eigenvalue weighted by Crippen LogP contribution is -2.56. The second-order valence-electron chi connectivity index (χ2n) is 7.60. The van der Waals surface area contributed by atoms with Crippen molar-refractivity contribution in [2.24, 2.45) is 0 Å². The number of nitrogens with zero attached hydrogens (tertiary/aromatic N) is 3. The maximum atomic E-state index is 12.0. The summed E-state index contributed by atoms with van der Waals surface area (Å²) in [6.45, 7) is 7.97. The molecule has 146 valence electrons. The Bertz CT molecular complexity index is 715. The number of fused-ring (bicyclic) bond motifs is 1. The van der Waals surface area contributed by atoms with Crippen molar-refractivity contribution in [2.45, 2.75) is 32.4 Å². The van der Waals surface area contributed by atoms with E-state index >= 15 is 0 Å². The Labute approximate surface area is 159 Å². The monoisotopic (exact) mass is 373 g/mol. The van der Waals surface area contributed by atoms with Crippen LogP contribution in [-0.4, -0.2) is 78.5 Å². The van der Waals surface area contributed by atoms with Gasteiger partial charge in [-0.2, -0.15) is 0 Å². The van der Waals surface area contributed by atoms with E-state index in [0.29, 0.717) is 25.9 Å². The third-order valence-corrected chi connectivity index (χ3v) is 5.75. The molecule has 1 aromatic carbocycles. The zero-order chi connectivity index (χ0) is 18.8. The van der Waals surface area contributed by atoms with E-state index in [-0.39, 0.29) is 11.7 Å². The highest BCUT2D eigenvalue weighted by Crippen LogP contribution is 2.33. The summed E-state index contributed by atoms with van der Waals surface area (Å²) in [6.07, 6.45) is 2.07. The van der Waals surface area contributed by atoms with Crippen LogP contribution >= 0.6 is 0 Å². The number of ketones is 1. The average molecular weight is 373 g/mol. The summed E-state index contributed by atoms with van der Waals surface area (Å²) in [7, 11) is 0. The Balaban J connectivity index is 1.28. The van der Waals surface area contributed by atoms with Crippen LogP contribution in [0, 0.1) is 0 Å². The number of carbonyl (C=O) groups is 2. The van der Waals surface area contributed by atoms with Gasteiger partial charge in [0.05, 0.1) is 0 Å². The zero-order valence-electron chi connectivity index (χ0n) is 15.9. The van der Waals surface area contributed by atoms with Crippen molar-refractivity contribution in [2.75, 3.05) is 46.1 Å². The summed E-state index contributed by atoms with van der Waals surface area (Å²) >= 11 is 0. The van der Waals surface area contributed by atoms with E-state index in [2.05, 4.69) is 21.9 Å². The Kier molecular flexibility index (Phi) is 5.31. The van der Waals surface area contributed by atoms with E-state index in [1.165, 1.54) is 12.5 Å². The Hall–Kier alpha value is -2.12. The van der Waals surface area contributed by atoms with Gasteiger partial charge in [-0.15, -0.1) is 0 Å². The Morgan fingerprint density at radius 3 is 2.63 bits per heavy atom. The third kappa shape index (κ3) is 4.09. The van der Waals surface area contributed by atoms with Crippen molar-refractivity contribution >= 4 is 11.7 Å². The zero-order valence-corrected chi connectivity index (χ0v) is 15.9. The van der Waals surface area contributed by atoms with Crippen LogP contribution < -0.4 is 9.47 Å². The fourth-order valence-electron chi connectivity index (χ4n) is 4.24. The molecule has 2 saturated heterocycles. The predicted molar refractivity (Wildman–Crippen MR) is 99.7 cm³/mol. The molecule has 7 nitrogen and oxygen atoms in total. The first-order valence-corrected chi connectivity index (χ1v) is 9.75. The second-order valence-corrected chi connectivity index (χ2v) is 7.60. The van der Waals surface area contributed by atoms with E-state index in [4.69, 9.17) is 9.47 Å². The molecule has 1 aromatic rings. The molecule has 0 N–H and O–H groups in total. The van der Waals surface area contributed by atoms with Crippen LogP contribution in [-0.2, 0) is 16.1 Å². The van der Waals surface area contributed by atoms with Gasteiger partial charge in [0.2, 0.25) is 12.6 Å². The number of amides is 1. The first kappa shape index (κ1) is 18.3. The maximum Gasteiger partial charge on any atom is 0.289 e. The van der Waals surface area contributed by atoms with E-state index in [9.17, 15) is 9.59 Å². The molecule has 4 rings (SSSR count). The summed E-state index contributed by atoms with van der Waals surface area (Å²) in [5.41, 5.74) is 1.24. The largest absolute Gasteiger partial charge is 0.454 e. The van der Waals surface area contributed by atoms with Crippen molar-refractivity contribution in [1.82, 2.24) is 14.7 Å². The molecule has 0 aromatic heterocycles. The second kappa shape index (κ2) is 7.86. The molecule has 0 saturated carbocycles. The number of rotatable bonds is 4. The van der Waals surface area contributed by atoms with Gasteiger partial charge in [0.25, 0.3) is 5.91 Å². The topological polar surface area (TPSA) is 62.3 Å².